The molecule has 7 nitrogen and oxygen atoms in total. The van der Waals surface area contributed by atoms with Crippen LogP contribution in [-0.4, -0.2) is 65.3 Å². The smallest absolute Gasteiger partial charge is 0.305 e. The number of amidine groups is 1. The molecule has 2 aliphatic heterocycles. The Hall–Kier alpha value is -0.830. The van der Waals surface area contributed by atoms with Gasteiger partial charge in [0.15, 0.2) is 5.17 Å². The monoisotopic (exact) mass is 290 g/mol. The Morgan fingerprint density at radius 2 is 2.26 bits per heavy atom. The van der Waals surface area contributed by atoms with E-state index in [9.17, 15) is 15.0 Å². The quantitative estimate of drug-likeness (QED) is 0.578. The average molecular weight is 290 g/mol. The van der Waals surface area contributed by atoms with E-state index in [4.69, 9.17) is 4.74 Å². The van der Waals surface area contributed by atoms with Gasteiger partial charge in [0.1, 0.15) is 17.6 Å². The topological polar surface area (TPSA) is 100 Å². The number of rotatable bonds is 3. The van der Waals surface area contributed by atoms with Gasteiger partial charge in [-0.3, -0.25) is 9.79 Å². The number of hydrogen-bond acceptors (Lipinski definition) is 7. The number of ether oxygens (including phenoxy) is 2. The van der Waals surface area contributed by atoms with E-state index in [-0.39, 0.29) is 23.9 Å². The van der Waals surface area contributed by atoms with Crippen molar-refractivity contribution in [1.29, 1.82) is 0 Å². The van der Waals surface area contributed by atoms with Gasteiger partial charge in [0.25, 0.3) is 0 Å². The molecule has 2 rings (SSSR count). The third kappa shape index (κ3) is 3.02. The molecule has 8 heteroatoms. The van der Waals surface area contributed by atoms with Gasteiger partial charge < -0.3 is 25.0 Å². The Balaban J connectivity index is 1.98. The van der Waals surface area contributed by atoms with Crippen LogP contribution >= 0.6 is 11.8 Å². The number of hydrogen-bond donors (Lipinski definition) is 3. The van der Waals surface area contributed by atoms with Crippen molar-refractivity contribution in [3.05, 3.63) is 0 Å². The number of nitrogens with one attached hydrogen (secondary N) is 1. The predicted octanol–water partition coefficient (Wildman–Crippen LogP) is -0.923. The van der Waals surface area contributed by atoms with E-state index in [1.54, 1.807) is 7.05 Å². The van der Waals surface area contributed by atoms with Crippen LogP contribution in [0, 0.1) is 0 Å². The lowest BCUT2D eigenvalue weighted by Crippen LogP contribution is -2.58. The van der Waals surface area contributed by atoms with Crippen molar-refractivity contribution < 1.29 is 24.5 Å². The Morgan fingerprint density at radius 3 is 2.89 bits per heavy atom. The largest absolute Gasteiger partial charge is 0.469 e. The summed E-state index contributed by atoms with van der Waals surface area (Å²) in [5, 5.41) is 23.8. The molecular weight excluding hydrogens is 272 g/mol. The van der Waals surface area contributed by atoms with Crippen LogP contribution in [0.25, 0.3) is 0 Å². The molecule has 0 aromatic heterocycles. The van der Waals surface area contributed by atoms with Crippen LogP contribution in [0.3, 0.4) is 0 Å². The number of aliphatic imine (C=N–C) groups is 1. The fourth-order valence-corrected chi connectivity index (χ4v) is 3.29. The van der Waals surface area contributed by atoms with Crippen molar-refractivity contribution in [3.8, 4) is 0 Å². The fraction of sp³-hybridized carbons (Fsp3) is 0.818. The van der Waals surface area contributed by atoms with Crippen LogP contribution in [0.15, 0.2) is 4.99 Å². The summed E-state index contributed by atoms with van der Waals surface area (Å²) in [6.45, 7) is 0. The van der Waals surface area contributed by atoms with Gasteiger partial charge in [-0.15, -0.1) is 0 Å². The molecule has 5 atom stereocenters. The second-order valence-electron chi connectivity index (χ2n) is 4.46. The van der Waals surface area contributed by atoms with E-state index in [2.05, 4.69) is 15.0 Å². The summed E-state index contributed by atoms with van der Waals surface area (Å²) in [6.07, 6.45) is -2.10. The highest BCUT2D eigenvalue weighted by Crippen LogP contribution is 2.34. The molecule has 0 radical (unpaired) electrons. The van der Waals surface area contributed by atoms with Crippen LogP contribution in [-0.2, 0) is 14.3 Å². The summed E-state index contributed by atoms with van der Waals surface area (Å²) in [7, 11) is 2.95. The molecule has 0 aliphatic carbocycles. The summed E-state index contributed by atoms with van der Waals surface area (Å²) in [4.78, 5) is 15.1. The average Bonchev–Trinajstić information content (AvgIpc) is 2.84. The van der Waals surface area contributed by atoms with Gasteiger partial charge in [0.05, 0.1) is 19.3 Å². The zero-order valence-electron chi connectivity index (χ0n) is 10.8. The van der Waals surface area contributed by atoms with Crippen molar-refractivity contribution in [2.75, 3.05) is 14.2 Å². The Kier molecular flexibility index (Phi) is 4.67. The first-order valence-electron chi connectivity index (χ1n) is 6.05. The number of methoxy groups -OCH3 is 1. The van der Waals surface area contributed by atoms with Crippen LogP contribution in [0.4, 0.5) is 0 Å². The lowest BCUT2D eigenvalue weighted by molar-refractivity contribution is -0.162. The van der Waals surface area contributed by atoms with Crippen molar-refractivity contribution >= 4 is 22.9 Å². The van der Waals surface area contributed by atoms with Crippen LogP contribution < -0.4 is 5.32 Å². The van der Waals surface area contributed by atoms with Gasteiger partial charge in [-0.2, -0.15) is 0 Å². The molecule has 2 saturated heterocycles. The zero-order valence-corrected chi connectivity index (χ0v) is 11.6. The number of fused-ring (bicyclic) bond motifs is 1. The fourth-order valence-electron chi connectivity index (χ4n) is 2.19. The van der Waals surface area contributed by atoms with E-state index in [1.165, 1.54) is 18.9 Å². The maximum Gasteiger partial charge on any atom is 0.305 e. The van der Waals surface area contributed by atoms with Crippen LogP contribution in [0.5, 0.6) is 0 Å². The third-order valence-electron chi connectivity index (χ3n) is 3.28. The van der Waals surface area contributed by atoms with Crippen molar-refractivity contribution in [2.24, 2.45) is 4.99 Å². The SMILES string of the molecule is CN=C1NC2C(OC(CCC(=O)OC)C(O)C2O)S1. The van der Waals surface area contributed by atoms with Gasteiger partial charge in [0, 0.05) is 13.5 Å². The van der Waals surface area contributed by atoms with Crippen molar-refractivity contribution in [3.63, 3.8) is 0 Å². The Bertz CT molecular complexity index is 378. The maximum atomic E-state index is 11.1. The Labute approximate surface area is 115 Å². The van der Waals surface area contributed by atoms with Gasteiger partial charge in [0.2, 0.25) is 0 Å². The second-order valence-corrected chi connectivity index (χ2v) is 5.54. The van der Waals surface area contributed by atoms with Gasteiger partial charge in [-0.05, 0) is 6.42 Å². The first kappa shape index (κ1) is 14.6. The van der Waals surface area contributed by atoms with E-state index in [1.807, 2.05) is 0 Å². The van der Waals surface area contributed by atoms with Crippen molar-refractivity contribution in [2.45, 2.75) is 42.6 Å². The minimum atomic E-state index is -1.03. The maximum absolute atomic E-state index is 11.1. The minimum absolute atomic E-state index is 0.148. The molecule has 2 aliphatic rings. The molecule has 3 N–H and O–H groups in total. The molecule has 0 aromatic rings. The van der Waals surface area contributed by atoms with Gasteiger partial charge >= 0.3 is 5.97 Å². The number of carbonyl (C=O) groups is 1. The molecule has 0 amide bonds. The molecule has 0 aromatic carbocycles. The first-order valence-corrected chi connectivity index (χ1v) is 6.93. The highest BCUT2D eigenvalue weighted by atomic mass is 32.2. The molecule has 5 unspecified atom stereocenters. The number of aliphatic hydroxyl groups is 2. The van der Waals surface area contributed by atoms with E-state index < -0.39 is 18.3 Å². The van der Waals surface area contributed by atoms with Crippen LogP contribution in [0.1, 0.15) is 12.8 Å². The van der Waals surface area contributed by atoms with Gasteiger partial charge in [-0.1, -0.05) is 11.8 Å². The summed E-state index contributed by atoms with van der Waals surface area (Å²) in [6, 6.07) is -0.381. The van der Waals surface area contributed by atoms with E-state index in [0.717, 1.165) is 0 Å². The molecule has 0 spiro atoms. The summed E-state index contributed by atoms with van der Waals surface area (Å²) < 4.78 is 10.3. The molecule has 2 heterocycles. The first-order chi connectivity index (χ1) is 9.06. The lowest BCUT2D eigenvalue weighted by Gasteiger charge is -2.38. The molecule has 0 bridgehead atoms. The molecule has 2 fully saturated rings. The minimum Gasteiger partial charge on any atom is -0.469 e. The second kappa shape index (κ2) is 6.08. The zero-order chi connectivity index (χ0) is 14.0. The summed E-state index contributed by atoms with van der Waals surface area (Å²) >= 11 is 1.37. The number of aliphatic hydroxyl groups excluding tert-OH is 2. The summed E-state index contributed by atoms with van der Waals surface area (Å²) in [5.74, 6) is -0.361. The van der Waals surface area contributed by atoms with Gasteiger partial charge in [-0.25, -0.2) is 0 Å². The Morgan fingerprint density at radius 1 is 1.53 bits per heavy atom. The number of esters is 1. The number of nitrogens with zero attached hydrogens (tertiary/aromatic N) is 1. The lowest BCUT2D eigenvalue weighted by atomic mass is 9.95. The third-order valence-corrected chi connectivity index (χ3v) is 4.44. The van der Waals surface area contributed by atoms with Crippen molar-refractivity contribution in [1.82, 2.24) is 5.32 Å². The highest BCUT2D eigenvalue weighted by Gasteiger charge is 2.48. The predicted molar refractivity (Wildman–Crippen MR) is 69.8 cm³/mol. The van der Waals surface area contributed by atoms with Crippen LogP contribution in [0.2, 0.25) is 0 Å². The highest BCUT2D eigenvalue weighted by molar-refractivity contribution is 8.14. The number of carbonyl (C=O) groups excluding carboxylic acids is 1. The molecule has 108 valence electrons. The number of thioether (sulfide) groups is 1. The molecule has 0 saturated carbocycles. The van der Waals surface area contributed by atoms with E-state index >= 15 is 0 Å². The molecular formula is C11H18N2O5S. The standard InChI is InChI=1S/C11H18N2O5S/c1-12-11-13-7-9(16)8(15)5(18-10(7)19-11)3-4-6(14)17-2/h5,7-10,15-16H,3-4H2,1-2H3,(H,12,13). The van der Waals surface area contributed by atoms with E-state index in [0.29, 0.717) is 11.6 Å². The normalized spacial score (nSPS) is 39.8. The summed E-state index contributed by atoms with van der Waals surface area (Å²) in [5.41, 5.74) is -0.306. The molecule has 19 heavy (non-hydrogen) atoms.